The van der Waals surface area contributed by atoms with Gasteiger partial charge in [-0.25, -0.2) is 13.2 Å². The number of cyclic esters (lactones) is 1. The summed E-state index contributed by atoms with van der Waals surface area (Å²) >= 11 is 0. The number of ether oxygens (including phenoxy) is 1. The van der Waals surface area contributed by atoms with Gasteiger partial charge in [-0.15, -0.1) is 0 Å². The summed E-state index contributed by atoms with van der Waals surface area (Å²) in [6.45, 7) is 0.788. The summed E-state index contributed by atoms with van der Waals surface area (Å²) in [6, 6.07) is 21.0. The first-order chi connectivity index (χ1) is 14.9. The van der Waals surface area contributed by atoms with E-state index in [2.05, 4.69) is 10.0 Å². The van der Waals surface area contributed by atoms with Gasteiger partial charge in [-0.2, -0.15) is 0 Å². The van der Waals surface area contributed by atoms with Gasteiger partial charge in [0, 0.05) is 11.3 Å². The number of para-hydroxylation sites is 2. The van der Waals surface area contributed by atoms with Crippen LogP contribution in [0, 0.1) is 0 Å². The van der Waals surface area contributed by atoms with Crippen LogP contribution in [0.15, 0.2) is 83.8 Å². The molecule has 0 radical (unpaired) electrons. The second-order valence-electron chi connectivity index (χ2n) is 6.73. The summed E-state index contributed by atoms with van der Waals surface area (Å²) in [6.07, 6.45) is -0.420. The molecule has 0 aromatic heterocycles. The predicted octanol–water partition coefficient (Wildman–Crippen LogP) is 3.70. The molecular weight excluding hydrogens is 418 g/mol. The Morgan fingerprint density at radius 1 is 0.871 bits per heavy atom. The van der Waals surface area contributed by atoms with Crippen molar-refractivity contribution in [1.82, 2.24) is 0 Å². The Kier molecular flexibility index (Phi) is 5.59. The number of sulfonamides is 1. The first-order valence-corrected chi connectivity index (χ1v) is 10.9. The molecular formula is C22H19N3O5S. The van der Waals surface area contributed by atoms with Crippen LogP contribution in [0.3, 0.4) is 0 Å². The SMILES string of the molecule is O=C(Nc1ccccc1NS(=O)(=O)c1ccccc1)c1ccc(N2CCOC2=O)cc1. The lowest BCUT2D eigenvalue weighted by Crippen LogP contribution is -2.23. The summed E-state index contributed by atoms with van der Waals surface area (Å²) in [4.78, 5) is 26.0. The van der Waals surface area contributed by atoms with Crippen LogP contribution in [0.1, 0.15) is 10.4 Å². The smallest absolute Gasteiger partial charge is 0.414 e. The average Bonchev–Trinajstić information content (AvgIpc) is 3.21. The van der Waals surface area contributed by atoms with Gasteiger partial charge in [0.15, 0.2) is 0 Å². The van der Waals surface area contributed by atoms with Gasteiger partial charge in [-0.3, -0.25) is 14.4 Å². The summed E-state index contributed by atoms with van der Waals surface area (Å²) in [5.41, 5.74) is 1.56. The lowest BCUT2D eigenvalue weighted by molar-refractivity contribution is 0.102. The molecule has 158 valence electrons. The minimum atomic E-state index is -3.81. The number of hydrogen-bond acceptors (Lipinski definition) is 5. The van der Waals surface area contributed by atoms with Crippen molar-refractivity contribution in [3.05, 3.63) is 84.4 Å². The van der Waals surface area contributed by atoms with E-state index in [0.717, 1.165) is 0 Å². The fraction of sp³-hybridized carbons (Fsp3) is 0.0909. The minimum absolute atomic E-state index is 0.118. The van der Waals surface area contributed by atoms with Crippen LogP contribution in [0.5, 0.6) is 0 Å². The Morgan fingerprint density at radius 2 is 1.52 bits per heavy atom. The maximum atomic E-state index is 12.7. The normalized spacial score (nSPS) is 13.5. The maximum Gasteiger partial charge on any atom is 0.414 e. The topological polar surface area (TPSA) is 105 Å². The highest BCUT2D eigenvalue weighted by atomic mass is 32.2. The Hall–Kier alpha value is -3.85. The van der Waals surface area contributed by atoms with E-state index < -0.39 is 22.0 Å². The molecule has 1 saturated heterocycles. The number of rotatable bonds is 6. The molecule has 0 unspecified atom stereocenters. The molecule has 8 nitrogen and oxygen atoms in total. The van der Waals surface area contributed by atoms with Crippen molar-refractivity contribution in [2.45, 2.75) is 4.90 Å². The molecule has 31 heavy (non-hydrogen) atoms. The fourth-order valence-corrected chi connectivity index (χ4v) is 4.20. The molecule has 0 bridgehead atoms. The van der Waals surface area contributed by atoms with E-state index in [0.29, 0.717) is 30.1 Å². The molecule has 1 aliphatic heterocycles. The summed E-state index contributed by atoms with van der Waals surface area (Å²) in [5, 5.41) is 2.73. The van der Waals surface area contributed by atoms with E-state index in [1.807, 2.05) is 0 Å². The van der Waals surface area contributed by atoms with Crippen LogP contribution in [-0.2, 0) is 14.8 Å². The van der Waals surface area contributed by atoms with Crippen molar-refractivity contribution in [3.63, 3.8) is 0 Å². The van der Waals surface area contributed by atoms with Gasteiger partial charge < -0.3 is 10.1 Å². The van der Waals surface area contributed by atoms with Gasteiger partial charge in [0.1, 0.15) is 6.61 Å². The molecule has 1 heterocycles. The van der Waals surface area contributed by atoms with Crippen molar-refractivity contribution < 1.29 is 22.7 Å². The zero-order valence-corrected chi connectivity index (χ0v) is 17.1. The van der Waals surface area contributed by atoms with Gasteiger partial charge in [-0.05, 0) is 48.5 Å². The maximum absolute atomic E-state index is 12.7. The third-order valence-corrected chi connectivity index (χ3v) is 6.06. The average molecular weight is 437 g/mol. The zero-order chi connectivity index (χ0) is 21.8. The van der Waals surface area contributed by atoms with Gasteiger partial charge in [0.25, 0.3) is 15.9 Å². The molecule has 2 N–H and O–H groups in total. The van der Waals surface area contributed by atoms with Crippen LogP contribution >= 0.6 is 0 Å². The van der Waals surface area contributed by atoms with Gasteiger partial charge in [0.05, 0.1) is 22.8 Å². The third kappa shape index (κ3) is 4.51. The second-order valence-corrected chi connectivity index (χ2v) is 8.41. The third-order valence-electron chi connectivity index (χ3n) is 4.68. The molecule has 1 fully saturated rings. The second kappa shape index (κ2) is 8.49. The molecule has 0 atom stereocenters. The summed E-state index contributed by atoms with van der Waals surface area (Å²) in [5.74, 6) is -0.415. The van der Waals surface area contributed by atoms with Crippen LogP contribution in [0.25, 0.3) is 0 Å². The molecule has 9 heteroatoms. The van der Waals surface area contributed by atoms with Gasteiger partial charge in [-0.1, -0.05) is 30.3 Å². The molecule has 3 aromatic rings. The van der Waals surface area contributed by atoms with Gasteiger partial charge >= 0.3 is 6.09 Å². The van der Waals surface area contributed by atoms with E-state index in [-0.39, 0.29) is 10.6 Å². The van der Waals surface area contributed by atoms with Crippen molar-refractivity contribution in [3.8, 4) is 0 Å². The number of carbonyl (C=O) groups excluding carboxylic acids is 2. The molecule has 0 saturated carbocycles. The van der Waals surface area contributed by atoms with E-state index in [4.69, 9.17) is 4.74 Å². The quantitative estimate of drug-likeness (QED) is 0.612. The summed E-state index contributed by atoms with van der Waals surface area (Å²) in [7, 11) is -3.81. The number of anilines is 3. The van der Waals surface area contributed by atoms with Crippen molar-refractivity contribution >= 4 is 39.1 Å². The number of amides is 2. The Morgan fingerprint density at radius 3 is 2.16 bits per heavy atom. The Labute approximate surface area is 179 Å². The molecule has 0 spiro atoms. The van der Waals surface area contributed by atoms with E-state index in [9.17, 15) is 18.0 Å². The van der Waals surface area contributed by atoms with Crippen LogP contribution in [-0.4, -0.2) is 33.6 Å². The van der Waals surface area contributed by atoms with E-state index in [1.165, 1.54) is 17.0 Å². The highest BCUT2D eigenvalue weighted by Crippen LogP contribution is 2.25. The molecule has 1 aliphatic rings. The lowest BCUT2D eigenvalue weighted by Gasteiger charge is -2.15. The van der Waals surface area contributed by atoms with Crippen LogP contribution in [0.2, 0.25) is 0 Å². The molecule has 2 amide bonds. The highest BCUT2D eigenvalue weighted by Gasteiger charge is 2.23. The number of nitrogens with zero attached hydrogens (tertiary/aromatic N) is 1. The van der Waals surface area contributed by atoms with Crippen LogP contribution in [0.4, 0.5) is 21.9 Å². The summed E-state index contributed by atoms with van der Waals surface area (Å²) < 4.78 is 32.7. The van der Waals surface area contributed by atoms with Crippen molar-refractivity contribution in [1.29, 1.82) is 0 Å². The van der Waals surface area contributed by atoms with Crippen LogP contribution < -0.4 is 14.9 Å². The number of hydrogen-bond donors (Lipinski definition) is 2. The standard InChI is InChI=1S/C22H19N3O5S/c26-21(16-10-12-17(13-11-16)25-14-15-30-22(25)27)23-19-8-4-5-9-20(19)24-31(28,29)18-6-2-1-3-7-18/h1-13,24H,14-15H2,(H,23,26). The molecule has 0 aliphatic carbocycles. The minimum Gasteiger partial charge on any atom is -0.447 e. The van der Waals surface area contributed by atoms with Crippen molar-refractivity contribution in [2.24, 2.45) is 0 Å². The lowest BCUT2D eigenvalue weighted by atomic mass is 10.1. The monoisotopic (exact) mass is 437 g/mol. The highest BCUT2D eigenvalue weighted by molar-refractivity contribution is 7.92. The fourth-order valence-electron chi connectivity index (χ4n) is 3.10. The van der Waals surface area contributed by atoms with E-state index >= 15 is 0 Å². The zero-order valence-electron chi connectivity index (χ0n) is 16.3. The van der Waals surface area contributed by atoms with E-state index in [1.54, 1.807) is 66.7 Å². The molecule has 4 rings (SSSR count). The number of benzene rings is 3. The number of nitrogens with one attached hydrogen (secondary N) is 2. The Bertz CT molecular complexity index is 1210. The molecule has 3 aromatic carbocycles. The first kappa shape index (κ1) is 20.4. The Balaban J connectivity index is 1.51. The van der Waals surface area contributed by atoms with Gasteiger partial charge in [0.2, 0.25) is 0 Å². The number of carbonyl (C=O) groups is 2. The van der Waals surface area contributed by atoms with Crippen molar-refractivity contribution in [2.75, 3.05) is 28.1 Å². The predicted molar refractivity (Wildman–Crippen MR) is 117 cm³/mol. The first-order valence-electron chi connectivity index (χ1n) is 9.47. The largest absolute Gasteiger partial charge is 0.447 e.